The zero-order chi connectivity index (χ0) is 13.8. The predicted octanol–water partition coefficient (Wildman–Crippen LogP) is 1.52. The van der Waals surface area contributed by atoms with Gasteiger partial charge in [0.2, 0.25) is 0 Å². The van der Waals surface area contributed by atoms with Gasteiger partial charge in [-0.3, -0.25) is 0 Å². The van der Waals surface area contributed by atoms with Crippen LogP contribution in [0.4, 0.5) is 0 Å². The first-order valence-corrected chi connectivity index (χ1v) is 8.54. The molecule has 0 aliphatic rings. The fourth-order valence-electron chi connectivity index (χ4n) is 1.39. The van der Waals surface area contributed by atoms with E-state index in [2.05, 4.69) is 19.2 Å². The number of sulfone groups is 1. The molecule has 0 amide bonds. The Kier molecular flexibility index (Phi) is 5.78. The molecule has 0 saturated heterocycles. The third kappa shape index (κ3) is 4.68. The highest BCUT2D eigenvalue weighted by Gasteiger charge is 2.21. The third-order valence-electron chi connectivity index (χ3n) is 2.89. The van der Waals surface area contributed by atoms with E-state index in [1.165, 1.54) is 11.3 Å². The Labute approximate surface area is 113 Å². The van der Waals surface area contributed by atoms with Crippen molar-refractivity contribution in [3.8, 4) is 0 Å². The van der Waals surface area contributed by atoms with E-state index in [0.717, 1.165) is 0 Å². The summed E-state index contributed by atoms with van der Waals surface area (Å²) in [6.07, 6.45) is -0.877. The first-order valence-electron chi connectivity index (χ1n) is 6.00. The van der Waals surface area contributed by atoms with Gasteiger partial charge in [0.15, 0.2) is 9.84 Å². The maximum absolute atomic E-state index is 11.9. The van der Waals surface area contributed by atoms with Gasteiger partial charge in [-0.15, -0.1) is 11.3 Å². The highest BCUT2D eigenvalue weighted by Crippen LogP contribution is 2.18. The summed E-state index contributed by atoms with van der Waals surface area (Å²) in [5.41, 5.74) is 0. The number of rotatable bonds is 7. The molecule has 2 N–H and O–H groups in total. The standard InChI is InChI=1S/C12H21NO3S2/c1-9(2)10(3)13-7-11(14)8-18(15,16)12-5-4-6-17-12/h4-6,9-11,13-14H,7-8H2,1-3H3. The fraction of sp³-hybridized carbons (Fsp3) is 0.667. The molecule has 0 saturated carbocycles. The molecule has 0 aliphatic carbocycles. The lowest BCUT2D eigenvalue weighted by Crippen LogP contribution is -2.39. The van der Waals surface area contributed by atoms with Crippen molar-refractivity contribution < 1.29 is 13.5 Å². The fourth-order valence-corrected chi connectivity index (χ4v) is 3.87. The quantitative estimate of drug-likeness (QED) is 0.799. The van der Waals surface area contributed by atoms with Crippen molar-refractivity contribution in [2.45, 2.75) is 37.1 Å². The van der Waals surface area contributed by atoms with Gasteiger partial charge in [0, 0.05) is 12.6 Å². The van der Waals surface area contributed by atoms with Crippen LogP contribution in [0.2, 0.25) is 0 Å². The van der Waals surface area contributed by atoms with Crippen molar-refractivity contribution in [3.05, 3.63) is 17.5 Å². The molecule has 2 atom stereocenters. The Balaban J connectivity index is 2.48. The Morgan fingerprint density at radius 3 is 2.56 bits per heavy atom. The summed E-state index contributed by atoms with van der Waals surface area (Å²) < 4.78 is 24.1. The van der Waals surface area contributed by atoms with Crippen LogP contribution in [-0.4, -0.2) is 38.0 Å². The summed E-state index contributed by atoms with van der Waals surface area (Å²) in [5.74, 6) is 0.219. The molecule has 2 unspecified atom stereocenters. The topological polar surface area (TPSA) is 66.4 Å². The van der Waals surface area contributed by atoms with Crippen LogP contribution < -0.4 is 5.32 Å². The molecule has 1 heterocycles. The lowest BCUT2D eigenvalue weighted by atomic mass is 10.1. The molecule has 18 heavy (non-hydrogen) atoms. The van der Waals surface area contributed by atoms with Gasteiger partial charge in [-0.2, -0.15) is 0 Å². The average Bonchev–Trinajstić information content (AvgIpc) is 2.78. The summed E-state index contributed by atoms with van der Waals surface area (Å²) >= 11 is 1.18. The minimum atomic E-state index is -3.36. The Morgan fingerprint density at radius 1 is 1.39 bits per heavy atom. The van der Waals surface area contributed by atoms with Crippen molar-refractivity contribution in [1.29, 1.82) is 0 Å². The first kappa shape index (κ1) is 15.6. The lowest BCUT2D eigenvalue weighted by molar-refractivity contribution is 0.185. The van der Waals surface area contributed by atoms with Gasteiger partial charge in [-0.25, -0.2) is 8.42 Å². The molecule has 104 valence electrons. The molecule has 0 spiro atoms. The van der Waals surface area contributed by atoms with E-state index in [4.69, 9.17) is 0 Å². The molecule has 6 heteroatoms. The molecule has 0 fully saturated rings. The van der Waals surface area contributed by atoms with E-state index in [-0.39, 0.29) is 11.8 Å². The molecule has 4 nitrogen and oxygen atoms in total. The van der Waals surface area contributed by atoms with Gasteiger partial charge >= 0.3 is 0 Å². The van der Waals surface area contributed by atoms with E-state index in [0.29, 0.717) is 16.7 Å². The number of nitrogens with one attached hydrogen (secondary N) is 1. The zero-order valence-electron chi connectivity index (χ0n) is 11.0. The SMILES string of the molecule is CC(C)C(C)NCC(O)CS(=O)(=O)c1cccs1. The molecule has 0 radical (unpaired) electrons. The van der Waals surface area contributed by atoms with Gasteiger partial charge in [0.1, 0.15) is 4.21 Å². The van der Waals surface area contributed by atoms with E-state index in [1.807, 2.05) is 6.92 Å². The smallest absolute Gasteiger partial charge is 0.190 e. The summed E-state index contributed by atoms with van der Waals surface area (Å²) in [5, 5.41) is 14.6. The van der Waals surface area contributed by atoms with Crippen LogP contribution in [0.1, 0.15) is 20.8 Å². The van der Waals surface area contributed by atoms with E-state index < -0.39 is 15.9 Å². The van der Waals surface area contributed by atoms with Crippen LogP contribution in [0.5, 0.6) is 0 Å². The summed E-state index contributed by atoms with van der Waals surface area (Å²) in [6, 6.07) is 3.52. The van der Waals surface area contributed by atoms with Crippen LogP contribution >= 0.6 is 11.3 Å². The van der Waals surface area contributed by atoms with Crippen LogP contribution in [0.15, 0.2) is 21.7 Å². The summed E-state index contributed by atoms with van der Waals surface area (Å²) in [4.78, 5) is 0. The van der Waals surface area contributed by atoms with Gasteiger partial charge in [0.05, 0.1) is 11.9 Å². The molecule has 1 aromatic heterocycles. The second kappa shape index (κ2) is 6.65. The van der Waals surface area contributed by atoms with Gasteiger partial charge in [-0.1, -0.05) is 19.9 Å². The normalized spacial score (nSPS) is 15.8. The van der Waals surface area contributed by atoms with Crippen LogP contribution in [-0.2, 0) is 9.84 Å². The summed E-state index contributed by atoms with van der Waals surface area (Å²) in [6.45, 7) is 6.47. The van der Waals surface area contributed by atoms with E-state index in [9.17, 15) is 13.5 Å². The molecule has 0 aliphatic heterocycles. The number of aliphatic hydroxyl groups is 1. The maximum Gasteiger partial charge on any atom is 0.190 e. The van der Waals surface area contributed by atoms with Crippen molar-refractivity contribution in [2.24, 2.45) is 5.92 Å². The maximum atomic E-state index is 11.9. The van der Waals surface area contributed by atoms with Crippen molar-refractivity contribution in [3.63, 3.8) is 0 Å². The number of hydrogen-bond acceptors (Lipinski definition) is 5. The largest absolute Gasteiger partial charge is 0.391 e. The van der Waals surface area contributed by atoms with Crippen molar-refractivity contribution in [1.82, 2.24) is 5.32 Å². The van der Waals surface area contributed by atoms with Crippen molar-refractivity contribution in [2.75, 3.05) is 12.3 Å². The number of thiophene rings is 1. The Bertz CT molecular complexity index is 440. The minimum Gasteiger partial charge on any atom is -0.391 e. The third-order valence-corrected chi connectivity index (χ3v) is 6.17. The van der Waals surface area contributed by atoms with Crippen LogP contribution in [0.25, 0.3) is 0 Å². The van der Waals surface area contributed by atoms with Gasteiger partial charge in [0.25, 0.3) is 0 Å². The molecule has 0 bridgehead atoms. The molecule has 1 aromatic rings. The second-order valence-electron chi connectivity index (χ2n) is 4.81. The van der Waals surface area contributed by atoms with Gasteiger partial charge in [-0.05, 0) is 24.3 Å². The van der Waals surface area contributed by atoms with E-state index in [1.54, 1.807) is 17.5 Å². The first-order chi connectivity index (χ1) is 8.33. The average molecular weight is 291 g/mol. The Hall–Kier alpha value is -0.430. The molecule has 0 aromatic carbocycles. The molecular weight excluding hydrogens is 270 g/mol. The zero-order valence-corrected chi connectivity index (χ0v) is 12.6. The number of aliphatic hydroxyl groups excluding tert-OH is 1. The van der Waals surface area contributed by atoms with Crippen LogP contribution in [0, 0.1) is 5.92 Å². The minimum absolute atomic E-state index is 0.231. The second-order valence-corrected chi connectivity index (χ2v) is 8.02. The molecule has 1 rings (SSSR count). The van der Waals surface area contributed by atoms with Gasteiger partial charge < -0.3 is 10.4 Å². The van der Waals surface area contributed by atoms with E-state index >= 15 is 0 Å². The molecular formula is C12H21NO3S2. The van der Waals surface area contributed by atoms with Crippen molar-refractivity contribution >= 4 is 21.2 Å². The predicted molar refractivity (Wildman–Crippen MR) is 74.7 cm³/mol. The number of hydrogen-bond donors (Lipinski definition) is 2. The Morgan fingerprint density at radius 2 is 2.06 bits per heavy atom. The lowest BCUT2D eigenvalue weighted by Gasteiger charge is -2.19. The monoisotopic (exact) mass is 291 g/mol. The highest BCUT2D eigenvalue weighted by atomic mass is 32.2. The highest BCUT2D eigenvalue weighted by molar-refractivity contribution is 7.93. The summed E-state index contributed by atoms with van der Waals surface area (Å²) in [7, 11) is -3.36. The van der Waals surface area contributed by atoms with Crippen LogP contribution in [0.3, 0.4) is 0 Å².